The van der Waals surface area contributed by atoms with Gasteiger partial charge >= 0.3 is 5.97 Å². The van der Waals surface area contributed by atoms with Crippen LogP contribution >= 0.6 is 0 Å². The quantitative estimate of drug-likeness (QED) is 0.721. The van der Waals surface area contributed by atoms with Gasteiger partial charge in [-0.05, 0) is 36.6 Å². The molecule has 0 radical (unpaired) electrons. The molecule has 0 fully saturated rings. The molecule has 0 bridgehead atoms. The van der Waals surface area contributed by atoms with Crippen LogP contribution in [-0.4, -0.2) is 37.2 Å². The van der Waals surface area contributed by atoms with Crippen molar-refractivity contribution in [1.82, 2.24) is 5.32 Å². The molecule has 2 aromatic carbocycles. The van der Waals surface area contributed by atoms with Gasteiger partial charge in [-0.3, -0.25) is 4.79 Å². The van der Waals surface area contributed by atoms with Gasteiger partial charge in [0.15, 0.2) is 6.10 Å². The Morgan fingerprint density at radius 3 is 2.50 bits per heavy atom. The predicted octanol–water partition coefficient (Wildman–Crippen LogP) is 2.83. The Morgan fingerprint density at radius 1 is 1.15 bits per heavy atom. The molecule has 0 aliphatic heterocycles. The molecule has 2 rings (SSSR count). The van der Waals surface area contributed by atoms with Gasteiger partial charge in [0.05, 0.1) is 12.7 Å². The molecule has 2 N–H and O–H groups in total. The lowest BCUT2D eigenvalue weighted by Crippen LogP contribution is -2.32. The van der Waals surface area contributed by atoms with E-state index in [0.717, 1.165) is 11.1 Å². The van der Waals surface area contributed by atoms with Crippen LogP contribution in [0.2, 0.25) is 0 Å². The average molecular weight is 357 g/mol. The van der Waals surface area contributed by atoms with Gasteiger partial charge in [-0.2, -0.15) is 0 Å². The van der Waals surface area contributed by atoms with Gasteiger partial charge in [-0.1, -0.05) is 36.4 Å². The Kier molecular flexibility index (Phi) is 7.17. The highest BCUT2D eigenvalue weighted by Crippen LogP contribution is 2.21. The molecule has 1 amide bonds. The van der Waals surface area contributed by atoms with Crippen LogP contribution in [0.25, 0.3) is 0 Å². The van der Waals surface area contributed by atoms with E-state index in [-0.39, 0.29) is 11.5 Å². The summed E-state index contributed by atoms with van der Waals surface area (Å²) in [5, 5.41) is 11.9. The van der Waals surface area contributed by atoms with Crippen LogP contribution < -0.4 is 10.1 Å². The highest BCUT2D eigenvalue weighted by molar-refractivity contribution is 5.88. The minimum absolute atomic E-state index is 0.162. The first-order chi connectivity index (χ1) is 12.6. The smallest absolute Gasteiger partial charge is 0.335 e. The number of carbonyl (C=O) groups is 2. The van der Waals surface area contributed by atoms with Crippen molar-refractivity contribution in [3.8, 4) is 5.75 Å². The first kappa shape index (κ1) is 19.5. The fraction of sp³-hybridized carbons (Fsp3) is 0.300. The minimum atomic E-state index is -1.01. The summed E-state index contributed by atoms with van der Waals surface area (Å²) in [5.41, 5.74) is 1.79. The highest BCUT2D eigenvalue weighted by Gasteiger charge is 2.20. The van der Waals surface area contributed by atoms with E-state index in [1.54, 1.807) is 6.07 Å². The zero-order valence-corrected chi connectivity index (χ0v) is 14.9. The molecule has 0 aliphatic rings. The van der Waals surface area contributed by atoms with E-state index in [1.165, 1.54) is 19.2 Å². The third kappa shape index (κ3) is 5.07. The van der Waals surface area contributed by atoms with Crippen LogP contribution in [0.4, 0.5) is 0 Å². The van der Waals surface area contributed by atoms with Crippen LogP contribution in [0.15, 0.2) is 48.5 Å². The minimum Gasteiger partial charge on any atom is -0.496 e. The lowest BCUT2D eigenvalue weighted by molar-refractivity contribution is -0.132. The van der Waals surface area contributed by atoms with Gasteiger partial charge in [0.2, 0.25) is 0 Å². The van der Waals surface area contributed by atoms with Crippen molar-refractivity contribution in [2.75, 3.05) is 20.3 Å². The number of nitrogens with one attached hydrogen (secondary N) is 1. The monoisotopic (exact) mass is 357 g/mol. The number of aromatic carboxylic acids is 1. The Balaban J connectivity index is 1.99. The van der Waals surface area contributed by atoms with E-state index >= 15 is 0 Å². The molecule has 0 aliphatic carbocycles. The number of carboxylic acid groups (broad SMARTS) is 1. The Bertz CT molecular complexity index is 745. The predicted molar refractivity (Wildman–Crippen MR) is 97.5 cm³/mol. The number of hydrogen-bond donors (Lipinski definition) is 2. The summed E-state index contributed by atoms with van der Waals surface area (Å²) < 4.78 is 10.8. The second kappa shape index (κ2) is 9.58. The van der Waals surface area contributed by atoms with Crippen molar-refractivity contribution in [2.24, 2.45) is 0 Å². The number of carbonyl (C=O) groups excluding carboxylic acids is 1. The Morgan fingerprint density at radius 2 is 1.88 bits per heavy atom. The molecule has 138 valence electrons. The lowest BCUT2D eigenvalue weighted by Gasteiger charge is -2.17. The van der Waals surface area contributed by atoms with Gasteiger partial charge in [-0.15, -0.1) is 0 Å². The SMILES string of the molecule is CCOC(C(=O)NCCc1ccc(C(=O)O)cc1OC)c1ccccc1. The van der Waals surface area contributed by atoms with Crippen LogP contribution in [0.3, 0.4) is 0 Å². The third-order valence-corrected chi connectivity index (χ3v) is 3.90. The standard InChI is InChI=1S/C20H23NO5/c1-3-26-18(15-7-5-4-6-8-15)19(22)21-12-11-14-9-10-16(20(23)24)13-17(14)25-2/h4-10,13,18H,3,11-12H2,1-2H3,(H,21,22)(H,23,24). The number of methoxy groups -OCH3 is 1. The topological polar surface area (TPSA) is 84.9 Å². The van der Waals surface area contributed by atoms with Crippen LogP contribution in [0.1, 0.15) is 34.5 Å². The molecular formula is C20H23NO5. The first-order valence-corrected chi connectivity index (χ1v) is 8.41. The number of ether oxygens (including phenoxy) is 2. The number of amides is 1. The largest absolute Gasteiger partial charge is 0.496 e. The van der Waals surface area contributed by atoms with E-state index in [0.29, 0.717) is 25.3 Å². The van der Waals surface area contributed by atoms with Crippen molar-refractivity contribution in [3.63, 3.8) is 0 Å². The fourth-order valence-corrected chi connectivity index (χ4v) is 2.61. The first-order valence-electron chi connectivity index (χ1n) is 8.41. The number of hydrogen-bond acceptors (Lipinski definition) is 4. The number of rotatable bonds is 9. The molecule has 0 saturated carbocycles. The molecular weight excluding hydrogens is 334 g/mol. The van der Waals surface area contributed by atoms with E-state index in [4.69, 9.17) is 14.6 Å². The molecule has 0 saturated heterocycles. The van der Waals surface area contributed by atoms with Crippen molar-refractivity contribution >= 4 is 11.9 Å². The summed E-state index contributed by atoms with van der Waals surface area (Å²) >= 11 is 0. The molecule has 0 spiro atoms. The molecule has 1 unspecified atom stereocenters. The summed E-state index contributed by atoms with van der Waals surface area (Å²) in [7, 11) is 1.49. The summed E-state index contributed by atoms with van der Waals surface area (Å²) in [4.78, 5) is 23.5. The van der Waals surface area contributed by atoms with Crippen molar-refractivity contribution in [3.05, 3.63) is 65.2 Å². The maximum atomic E-state index is 12.5. The molecule has 6 heteroatoms. The van der Waals surface area contributed by atoms with Crippen LogP contribution in [0.5, 0.6) is 5.75 Å². The molecule has 6 nitrogen and oxygen atoms in total. The summed E-state index contributed by atoms with van der Waals surface area (Å²) in [6.07, 6.45) is -0.139. The Hall–Kier alpha value is -2.86. The maximum Gasteiger partial charge on any atom is 0.335 e. The molecule has 0 heterocycles. The van der Waals surface area contributed by atoms with Crippen molar-refractivity contribution in [1.29, 1.82) is 0 Å². The zero-order chi connectivity index (χ0) is 18.9. The van der Waals surface area contributed by atoms with Gasteiger partial charge < -0.3 is 19.9 Å². The second-order valence-electron chi connectivity index (χ2n) is 5.62. The highest BCUT2D eigenvalue weighted by atomic mass is 16.5. The molecule has 26 heavy (non-hydrogen) atoms. The maximum absolute atomic E-state index is 12.5. The molecule has 2 aromatic rings. The van der Waals surface area contributed by atoms with Crippen molar-refractivity contribution < 1.29 is 24.2 Å². The zero-order valence-electron chi connectivity index (χ0n) is 14.9. The van der Waals surface area contributed by atoms with E-state index in [1.807, 2.05) is 37.3 Å². The normalized spacial score (nSPS) is 11.6. The summed E-state index contributed by atoms with van der Waals surface area (Å²) in [6, 6.07) is 14.0. The third-order valence-electron chi connectivity index (χ3n) is 3.90. The molecule has 1 atom stereocenters. The van der Waals surface area contributed by atoms with Crippen LogP contribution in [0, 0.1) is 0 Å². The lowest BCUT2D eigenvalue weighted by atomic mass is 10.1. The second-order valence-corrected chi connectivity index (χ2v) is 5.62. The Labute approximate surface area is 152 Å². The van der Waals surface area contributed by atoms with Gasteiger partial charge in [0, 0.05) is 13.2 Å². The fourth-order valence-electron chi connectivity index (χ4n) is 2.61. The van der Waals surface area contributed by atoms with E-state index < -0.39 is 12.1 Å². The van der Waals surface area contributed by atoms with Gasteiger partial charge in [0.25, 0.3) is 5.91 Å². The molecule has 0 aromatic heterocycles. The van der Waals surface area contributed by atoms with Gasteiger partial charge in [-0.25, -0.2) is 4.79 Å². The van der Waals surface area contributed by atoms with Crippen LogP contribution in [-0.2, 0) is 16.0 Å². The summed E-state index contributed by atoms with van der Waals surface area (Å²) in [5.74, 6) is -0.728. The van der Waals surface area contributed by atoms with E-state index in [9.17, 15) is 9.59 Å². The van der Waals surface area contributed by atoms with E-state index in [2.05, 4.69) is 5.32 Å². The number of carboxylic acids is 1. The number of benzene rings is 2. The van der Waals surface area contributed by atoms with Gasteiger partial charge in [0.1, 0.15) is 5.75 Å². The van der Waals surface area contributed by atoms with Crippen molar-refractivity contribution in [2.45, 2.75) is 19.4 Å². The summed E-state index contributed by atoms with van der Waals surface area (Å²) in [6.45, 7) is 2.66. The average Bonchev–Trinajstić information content (AvgIpc) is 2.66.